The van der Waals surface area contributed by atoms with E-state index in [0.717, 1.165) is 32.6 Å². The van der Waals surface area contributed by atoms with Crippen LogP contribution in [0.1, 0.15) is 18.9 Å². The molecule has 1 aliphatic heterocycles. The molecular weight excluding hydrogens is 304 g/mol. The molecule has 0 spiro atoms. The van der Waals surface area contributed by atoms with Crippen molar-refractivity contribution in [2.75, 3.05) is 33.4 Å². The van der Waals surface area contributed by atoms with Crippen LogP contribution in [-0.4, -0.2) is 44.2 Å². The van der Waals surface area contributed by atoms with E-state index in [1.807, 2.05) is 24.3 Å². The van der Waals surface area contributed by atoms with E-state index in [9.17, 15) is 4.79 Å². The van der Waals surface area contributed by atoms with Gasteiger partial charge in [0.2, 0.25) is 0 Å². The molecule has 0 saturated carbocycles. The number of halogens is 1. The van der Waals surface area contributed by atoms with Gasteiger partial charge in [-0.25, -0.2) is 4.79 Å². The molecular formula is C16H25ClN2O3. The third kappa shape index (κ3) is 5.16. The lowest BCUT2D eigenvalue weighted by molar-refractivity contribution is -0.142. The second kappa shape index (κ2) is 8.36. The number of nitrogens with zero attached hydrogens (tertiary/aromatic N) is 1. The summed E-state index contributed by atoms with van der Waals surface area (Å²) in [5, 5.41) is 0. The molecule has 1 atom stereocenters. The van der Waals surface area contributed by atoms with Crippen molar-refractivity contribution in [3.63, 3.8) is 0 Å². The Morgan fingerprint density at radius 3 is 2.59 bits per heavy atom. The maximum atomic E-state index is 11.0. The van der Waals surface area contributed by atoms with Gasteiger partial charge in [-0.15, -0.1) is 12.4 Å². The zero-order valence-corrected chi connectivity index (χ0v) is 14.0. The largest absolute Gasteiger partial charge is 0.482 e. The lowest BCUT2D eigenvalue weighted by Crippen LogP contribution is -2.31. The smallest absolute Gasteiger partial charge is 0.343 e. The van der Waals surface area contributed by atoms with E-state index >= 15 is 0 Å². The SMILES string of the molecule is COC(=O)COc1ccc(CN2CCC(C)(CN)C2)cc1.Cl. The zero-order chi connectivity index (χ0) is 15.3. The van der Waals surface area contributed by atoms with Gasteiger partial charge in [-0.2, -0.15) is 0 Å². The van der Waals surface area contributed by atoms with Crippen LogP contribution in [0.5, 0.6) is 5.75 Å². The number of ether oxygens (including phenoxy) is 2. The predicted molar refractivity (Wildman–Crippen MR) is 88.3 cm³/mol. The minimum atomic E-state index is -0.378. The minimum absolute atomic E-state index is 0. The summed E-state index contributed by atoms with van der Waals surface area (Å²) >= 11 is 0. The number of benzene rings is 1. The van der Waals surface area contributed by atoms with E-state index in [2.05, 4.69) is 16.6 Å². The fourth-order valence-corrected chi connectivity index (χ4v) is 2.58. The van der Waals surface area contributed by atoms with E-state index in [4.69, 9.17) is 10.5 Å². The van der Waals surface area contributed by atoms with Crippen LogP contribution in [0.15, 0.2) is 24.3 Å². The van der Waals surface area contributed by atoms with Crippen molar-refractivity contribution >= 4 is 18.4 Å². The predicted octanol–water partition coefficient (Wildman–Crippen LogP) is 1.83. The monoisotopic (exact) mass is 328 g/mol. The van der Waals surface area contributed by atoms with Gasteiger partial charge in [-0.1, -0.05) is 19.1 Å². The number of methoxy groups -OCH3 is 1. The van der Waals surface area contributed by atoms with Crippen molar-refractivity contribution in [1.82, 2.24) is 4.90 Å². The van der Waals surface area contributed by atoms with Gasteiger partial charge in [-0.3, -0.25) is 4.90 Å². The fraction of sp³-hybridized carbons (Fsp3) is 0.562. The van der Waals surface area contributed by atoms with Crippen molar-refractivity contribution in [3.8, 4) is 5.75 Å². The van der Waals surface area contributed by atoms with E-state index in [1.54, 1.807) is 0 Å². The third-order valence-electron chi connectivity index (χ3n) is 4.04. The molecule has 6 heteroatoms. The molecule has 124 valence electrons. The van der Waals surface area contributed by atoms with Gasteiger partial charge in [0.15, 0.2) is 6.61 Å². The van der Waals surface area contributed by atoms with Gasteiger partial charge in [0.25, 0.3) is 0 Å². The summed E-state index contributed by atoms with van der Waals surface area (Å²) in [5.74, 6) is 0.301. The molecule has 1 aliphatic rings. The first-order chi connectivity index (χ1) is 10.0. The summed E-state index contributed by atoms with van der Waals surface area (Å²) in [6.45, 7) is 5.99. The first kappa shape index (κ1) is 18.7. The quantitative estimate of drug-likeness (QED) is 0.807. The van der Waals surface area contributed by atoms with E-state index in [0.29, 0.717) is 5.75 Å². The van der Waals surface area contributed by atoms with Crippen molar-refractivity contribution in [2.24, 2.45) is 11.1 Å². The van der Waals surface area contributed by atoms with Crippen LogP contribution in [0.3, 0.4) is 0 Å². The Kier molecular flexibility index (Phi) is 7.13. The molecule has 0 radical (unpaired) electrons. The first-order valence-corrected chi connectivity index (χ1v) is 7.26. The minimum Gasteiger partial charge on any atom is -0.482 e. The number of carbonyl (C=O) groups is 1. The van der Waals surface area contributed by atoms with Gasteiger partial charge >= 0.3 is 5.97 Å². The summed E-state index contributed by atoms with van der Waals surface area (Å²) in [7, 11) is 1.35. The van der Waals surface area contributed by atoms with Crippen LogP contribution in [-0.2, 0) is 16.1 Å². The molecule has 0 aliphatic carbocycles. The maximum absolute atomic E-state index is 11.0. The molecule has 0 amide bonds. The topological polar surface area (TPSA) is 64.8 Å². The third-order valence-corrected chi connectivity index (χ3v) is 4.04. The molecule has 1 unspecified atom stereocenters. The van der Waals surface area contributed by atoms with Gasteiger partial charge < -0.3 is 15.2 Å². The summed E-state index contributed by atoms with van der Waals surface area (Å²) in [5.41, 5.74) is 7.32. The molecule has 1 fully saturated rings. The van der Waals surface area contributed by atoms with Crippen molar-refractivity contribution in [1.29, 1.82) is 0 Å². The van der Waals surface area contributed by atoms with Crippen LogP contribution in [0.25, 0.3) is 0 Å². The molecule has 1 aromatic carbocycles. The number of carbonyl (C=O) groups excluding carboxylic acids is 1. The highest BCUT2D eigenvalue weighted by atomic mass is 35.5. The molecule has 2 N–H and O–H groups in total. The molecule has 5 nitrogen and oxygen atoms in total. The summed E-state index contributed by atoms with van der Waals surface area (Å²) in [4.78, 5) is 13.4. The highest BCUT2D eigenvalue weighted by Crippen LogP contribution is 2.29. The highest BCUT2D eigenvalue weighted by Gasteiger charge is 2.32. The molecule has 1 saturated heterocycles. The van der Waals surface area contributed by atoms with Crippen LogP contribution in [0, 0.1) is 5.41 Å². The van der Waals surface area contributed by atoms with Crippen LogP contribution < -0.4 is 10.5 Å². The van der Waals surface area contributed by atoms with Crippen LogP contribution in [0.2, 0.25) is 0 Å². The highest BCUT2D eigenvalue weighted by molar-refractivity contribution is 5.85. The van der Waals surface area contributed by atoms with Crippen LogP contribution in [0.4, 0.5) is 0 Å². The summed E-state index contributed by atoms with van der Waals surface area (Å²) < 4.78 is 9.86. The van der Waals surface area contributed by atoms with Gasteiger partial charge in [0.1, 0.15) is 5.75 Å². The first-order valence-electron chi connectivity index (χ1n) is 7.26. The number of hydrogen-bond acceptors (Lipinski definition) is 5. The molecule has 2 rings (SSSR count). The molecule has 1 heterocycles. The molecule has 0 bridgehead atoms. The molecule has 0 aromatic heterocycles. The summed E-state index contributed by atoms with van der Waals surface area (Å²) in [6, 6.07) is 7.84. The number of nitrogens with two attached hydrogens (primary N) is 1. The normalized spacial score (nSPS) is 21.2. The second-order valence-electron chi connectivity index (χ2n) is 5.98. The standard InChI is InChI=1S/C16H24N2O3.ClH/c1-16(11-17)7-8-18(12-16)9-13-3-5-14(6-4-13)21-10-15(19)20-2;/h3-6H,7-12,17H2,1-2H3;1H. The Balaban J connectivity index is 0.00000242. The fourth-order valence-electron chi connectivity index (χ4n) is 2.58. The number of likely N-dealkylation sites (tertiary alicyclic amines) is 1. The Morgan fingerprint density at radius 2 is 2.05 bits per heavy atom. The summed E-state index contributed by atoms with van der Waals surface area (Å²) in [6.07, 6.45) is 1.16. The number of esters is 1. The van der Waals surface area contributed by atoms with Gasteiger partial charge in [-0.05, 0) is 42.6 Å². The Bertz CT molecular complexity index is 481. The van der Waals surface area contributed by atoms with Crippen LogP contribution >= 0.6 is 12.4 Å². The molecule has 1 aromatic rings. The molecule has 22 heavy (non-hydrogen) atoms. The second-order valence-corrected chi connectivity index (χ2v) is 5.98. The number of hydrogen-bond donors (Lipinski definition) is 1. The Hall–Kier alpha value is -1.30. The lowest BCUT2D eigenvalue weighted by Gasteiger charge is -2.22. The maximum Gasteiger partial charge on any atom is 0.343 e. The Labute approximate surface area is 138 Å². The average molecular weight is 329 g/mol. The Morgan fingerprint density at radius 1 is 1.36 bits per heavy atom. The van der Waals surface area contributed by atoms with E-state index < -0.39 is 0 Å². The number of rotatable bonds is 6. The van der Waals surface area contributed by atoms with E-state index in [1.165, 1.54) is 12.7 Å². The van der Waals surface area contributed by atoms with Gasteiger partial charge in [0, 0.05) is 13.1 Å². The zero-order valence-electron chi connectivity index (χ0n) is 13.2. The van der Waals surface area contributed by atoms with Gasteiger partial charge in [0.05, 0.1) is 7.11 Å². The van der Waals surface area contributed by atoms with E-state index in [-0.39, 0.29) is 30.4 Å². The average Bonchev–Trinajstić information content (AvgIpc) is 2.88. The van der Waals surface area contributed by atoms with Crippen molar-refractivity contribution < 1.29 is 14.3 Å². The lowest BCUT2D eigenvalue weighted by atomic mass is 9.90. The van der Waals surface area contributed by atoms with Crippen molar-refractivity contribution in [3.05, 3.63) is 29.8 Å². The van der Waals surface area contributed by atoms with Crippen molar-refractivity contribution in [2.45, 2.75) is 19.9 Å².